The molecule has 2 heterocycles. The van der Waals surface area contributed by atoms with Gasteiger partial charge < -0.3 is 14.7 Å². The van der Waals surface area contributed by atoms with Crippen molar-refractivity contribution in [2.24, 2.45) is 0 Å². The summed E-state index contributed by atoms with van der Waals surface area (Å²) in [4.78, 5) is 18.4. The normalized spacial score (nSPS) is 23.1. The third-order valence-corrected chi connectivity index (χ3v) is 3.93. The van der Waals surface area contributed by atoms with Gasteiger partial charge in [0.15, 0.2) is 5.82 Å². The lowest BCUT2D eigenvalue weighted by Crippen LogP contribution is -2.51. The molecule has 6 nitrogen and oxygen atoms in total. The molecular formula is C14H22N4O2. The van der Waals surface area contributed by atoms with Crippen LogP contribution in [0.1, 0.15) is 50.2 Å². The molecule has 6 heteroatoms. The van der Waals surface area contributed by atoms with Crippen LogP contribution in [-0.4, -0.2) is 46.6 Å². The molecule has 110 valence electrons. The van der Waals surface area contributed by atoms with Crippen molar-refractivity contribution in [2.75, 3.05) is 19.6 Å². The topological polar surface area (TPSA) is 71.3 Å². The highest BCUT2D eigenvalue weighted by Gasteiger charge is 2.28. The molecule has 1 aliphatic heterocycles. The van der Waals surface area contributed by atoms with E-state index < -0.39 is 0 Å². The molecule has 0 radical (unpaired) electrons. The number of nitrogens with one attached hydrogen (secondary N) is 1. The maximum Gasteiger partial charge on any atom is 0.226 e. The van der Waals surface area contributed by atoms with Crippen molar-refractivity contribution in [2.45, 2.75) is 51.0 Å². The van der Waals surface area contributed by atoms with E-state index in [-0.39, 0.29) is 5.91 Å². The Morgan fingerprint density at radius 1 is 1.50 bits per heavy atom. The Morgan fingerprint density at radius 3 is 3.10 bits per heavy atom. The van der Waals surface area contributed by atoms with Crippen LogP contribution in [0.15, 0.2) is 4.52 Å². The molecule has 1 saturated heterocycles. The molecule has 2 fully saturated rings. The molecule has 3 rings (SSSR count). The van der Waals surface area contributed by atoms with Gasteiger partial charge in [-0.2, -0.15) is 4.98 Å². The van der Waals surface area contributed by atoms with Crippen LogP contribution in [0, 0.1) is 0 Å². The molecule has 1 amide bonds. The van der Waals surface area contributed by atoms with E-state index in [4.69, 9.17) is 4.52 Å². The summed E-state index contributed by atoms with van der Waals surface area (Å²) in [5.74, 6) is 2.28. The van der Waals surface area contributed by atoms with Crippen LogP contribution in [0.4, 0.5) is 0 Å². The first kappa shape index (κ1) is 13.5. The number of amides is 1. The van der Waals surface area contributed by atoms with Crippen LogP contribution in [0.3, 0.4) is 0 Å². The van der Waals surface area contributed by atoms with Crippen molar-refractivity contribution in [3.05, 3.63) is 11.7 Å². The van der Waals surface area contributed by atoms with Gasteiger partial charge >= 0.3 is 0 Å². The van der Waals surface area contributed by atoms with Gasteiger partial charge in [-0.05, 0) is 26.2 Å². The lowest BCUT2D eigenvalue weighted by Gasteiger charge is -2.31. The Hall–Kier alpha value is -1.43. The summed E-state index contributed by atoms with van der Waals surface area (Å²) in [6, 6.07) is 0.393. The fourth-order valence-electron chi connectivity index (χ4n) is 2.58. The van der Waals surface area contributed by atoms with Crippen molar-refractivity contribution in [1.82, 2.24) is 20.4 Å². The Balaban J connectivity index is 1.40. The zero-order chi connectivity index (χ0) is 13.9. The second kappa shape index (κ2) is 5.91. The number of hydrogen-bond donors (Lipinski definition) is 1. The molecular weight excluding hydrogens is 256 g/mol. The maximum absolute atomic E-state index is 12.1. The number of piperazine rings is 1. The van der Waals surface area contributed by atoms with Gasteiger partial charge in [0.05, 0.1) is 0 Å². The van der Waals surface area contributed by atoms with Gasteiger partial charge in [-0.3, -0.25) is 4.79 Å². The van der Waals surface area contributed by atoms with Crippen LogP contribution in [0.2, 0.25) is 0 Å². The van der Waals surface area contributed by atoms with Crippen LogP contribution in [0.25, 0.3) is 0 Å². The van der Waals surface area contributed by atoms with Gasteiger partial charge in [-0.25, -0.2) is 0 Å². The van der Waals surface area contributed by atoms with Crippen molar-refractivity contribution in [1.29, 1.82) is 0 Å². The summed E-state index contributed by atoms with van der Waals surface area (Å²) in [6.45, 7) is 4.62. The molecule has 1 atom stereocenters. The Kier molecular flexibility index (Phi) is 4.00. The molecule has 1 saturated carbocycles. The molecule has 1 aromatic heterocycles. The van der Waals surface area contributed by atoms with E-state index in [1.165, 1.54) is 12.8 Å². The third-order valence-electron chi connectivity index (χ3n) is 3.93. The number of rotatable bonds is 5. The molecule has 20 heavy (non-hydrogen) atoms. The Bertz CT molecular complexity index is 469. The zero-order valence-electron chi connectivity index (χ0n) is 12.0. The molecule has 2 aliphatic rings. The fraction of sp³-hybridized carbons (Fsp3) is 0.786. The molecule has 1 aromatic rings. The second-order valence-corrected chi connectivity index (χ2v) is 5.87. The van der Waals surface area contributed by atoms with Crippen molar-refractivity contribution in [3.8, 4) is 0 Å². The van der Waals surface area contributed by atoms with Crippen LogP contribution >= 0.6 is 0 Å². The minimum Gasteiger partial charge on any atom is -0.340 e. The lowest BCUT2D eigenvalue weighted by atomic mass is 10.2. The largest absolute Gasteiger partial charge is 0.340 e. The quantitative estimate of drug-likeness (QED) is 0.873. The first-order valence-corrected chi connectivity index (χ1v) is 7.56. The van der Waals surface area contributed by atoms with E-state index in [9.17, 15) is 4.79 Å². The fourth-order valence-corrected chi connectivity index (χ4v) is 2.58. The molecule has 1 aliphatic carbocycles. The first-order valence-electron chi connectivity index (χ1n) is 7.56. The standard InChI is InChI=1S/C14H22N4O2/c1-10-9-18(8-7-15-10)13(19)4-2-3-12-16-14(17-20-12)11-5-6-11/h10-11,15H,2-9H2,1H3. The molecule has 1 N–H and O–H groups in total. The van der Waals surface area contributed by atoms with E-state index in [0.29, 0.717) is 30.7 Å². The number of nitrogens with zero attached hydrogens (tertiary/aromatic N) is 3. The SMILES string of the molecule is CC1CN(C(=O)CCCc2nc(C3CC3)no2)CCN1. The predicted octanol–water partition coefficient (Wildman–Crippen LogP) is 1.09. The summed E-state index contributed by atoms with van der Waals surface area (Å²) < 4.78 is 5.21. The summed E-state index contributed by atoms with van der Waals surface area (Å²) in [6.07, 6.45) is 4.40. The average molecular weight is 278 g/mol. The van der Waals surface area contributed by atoms with Crippen LogP contribution in [0.5, 0.6) is 0 Å². The number of hydrogen-bond acceptors (Lipinski definition) is 5. The third kappa shape index (κ3) is 3.36. The minimum absolute atomic E-state index is 0.236. The number of carbonyl (C=O) groups excluding carboxylic acids is 1. The van der Waals surface area contributed by atoms with E-state index in [0.717, 1.165) is 31.9 Å². The lowest BCUT2D eigenvalue weighted by molar-refractivity contribution is -0.132. The molecule has 0 aromatic carbocycles. The van der Waals surface area contributed by atoms with Crippen molar-refractivity contribution < 1.29 is 9.32 Å². The summed E-state index contributed by atoms with van der Waals surface area (Å²) >= 11 is 0. The summed E-state index contributed by atoms with van der Waals surface area (Å²) in [5, 5.41) is 7.33. The van der Waals surface area contributed by atoms with E-state index in [1.54, 1.807) is 0 Å². The van der Waals surface area contributed by atoms with Crippen LogP contribution in [-0.2, 0) is 11.2 Å². The van der Waals surface area contributed by atoms with E-state index >= 15 is 0 Å². The second-order valence-electron chi connectivity index (χ2n) is 5.87. The molecule has 0 bridgehead atoms. The number of carbonyl (C=O) groups is 1. The molecule has 1 unspecified atom stereocenters. The smallest absolute Gasteiger partial charge is 0.226 e. The van der Waals surface area contributed by atoms with Gasteiger partial charge in [0.2, 0.25) is 11.8 Å². The van der Waals surface area contributed by atoms with E-state index in [1.807, 2.05) is 4.90 Å². The van der Waals surface area contributed by atoms with Gasteiger partial charge in [0.1, 0.15) is 0 Å². The van der Waals surface area contributed by atoms with Gasteiger partial charge in [0, 0.05) is 44.4 Å². The number of aryl methyl sites for hydroxylation is 1. The van der Waals surface area contributed by atoms with Crippen molar-refractivity contribution in [3.63, 3.8) is 0 Å². The van der Waals surface area contributed by atoms with Crippen LogP contribution < -0.4 is 5.32 Å². The Labute approximate surface area is 118 Å². The van der Waals surface area contributed by atoms with Gasteiger partial charge in [0.25, 0.3) is 0 Å². The monoisotopic (exact) mass is 278 g/mol. The van der Waals surface area contributed by atoms with E-state index in [2.05, 4.69) is 22.4 Å². The highest BCUT2D eigenvalue weighted by molar-refractivity contribution is 5.76. The number of aromatic nitrogens is 2. The summed E-state index contributed by atoms with van der Waals surface area (Å²) in [7, 11) is 0. The van der Waals surface area contributed by atoms with Gasteiger partial charge in [-0.1, -0.05) is 5.16 Å². The predicted molar refractivity (Wildman–Crippen MR) is 73.3 cm³/mol. The van der Waals surface area contributed by atoms with Gasteiger partial charge in [-0.15, -0.1) is 0 Å². The first-order chi connectivity index (χ1) is 9.72. The Morgan fingerprint density at radius 2 is 2.35 bits per heavy atom. The minimum atomic E-state index is 0.236. The average Bonchev–Trinajstić information content (AvgIpc) is 3.19. The molecule has 0 spiro atoms. The highest BCUT2D eigenvalue weighted by atomic mass is 16.5. The zero-order valence-corrected chi connectivity index (χ0v) is 12.0. The highest BCUT2D eigenvalue weighted by Crippen LogP contribution is 2.38. The maximum atomic E-state index is 12.1. The van der Waals surface area contributed by atoms with Crippen molar-refractivity contribution >= 4 is 5.91 Å². The summed E-state index contributed by atoms with van der Waals surface area (Å²) in [5.41, 5.74) is 0.